The molecule has 3 aromatic carbocycles. The summed E-state index contributed by atoms with van der Waals surface area (Å²) >= 11 is 4.58. The number of carbonyl (C=O) groups is 1. The van der Waals surface area contributed by atoms with Gasteiger partial charge in [-0.15, -0.1) is 0 Å². The average molecular weight is 434 g/mol. The lowest BCUT2D eigenvalue weighted by Crippen LogP contribution is -2.45. The monoisotopic (exact) mass is 433 g/mol. The van der Waals surface area contributed by atoms with Gasteiger partial charge in [-0.3, -0.25) is 0 Å². The van der Waals surface area contributed by atoms with Crippen LogP contribution in [0.1, 0.15) is 43.9 Å². The molecular formula is C27H31NO2S. The van der Waals surface area contributed by atoms with Gasteiger partial charge < -0.3 is 10.1 Å². The van der Waals surface area contributed by atoms with Crippen LogP contribution in [0.25, 0.3) is 0 Å². The van der Waals surface area contributed by atoms with E-state index >= 15 is 0 Å². The van der Waals surface area contributed by atoms with Crippen molar-refractivity contribution < 1.29 is 9.53 Å². The van der Waals surface area contributed by atoms with Crippen molar-refractivity contribution in [2.75, 3.05) is 5.75 Å². The van der Waals surface area contributed by atoms with Gasteiger partial charge in [0.15, 0.2) is 0 Å². The van der Waals surface area contributed by atoms with Gasteiger partial charge in [-0.25, -0.2) is 4.79 Å². The highest BCUT2D eigenvalue weighted by Gasteiger charge is 2.38. The second-order valence-electron chi connectivity index (χ2n) is 8.73. The Morgan fingerprint density at radius 2 is 1.19 bits per heavy atom. The van der Waals surface area contributed by atoms with Gasteiger partial charge in [0, 0.05) is 17.2 Å². The third-order valence-electron chi connectivity index (χ3n) is 5.29. The highest BCUT2D eigenvalue weighted by Crippen LogP contribution is 2.43. The van der Waals surface area contributed by atoms with Crippen molar-refractivity contribution in [3.63, 3.8) is 0 Å². The fourth-order valence-electron chi connectivity index (χ4n) is 4.03. The molecule has 3 nitrogen and oxygen atoms in total. The first kappa shape index (κ1) is 23.0. The number of thiol groups is 1. The molecule has 0 aliphatic carbocycles. The number of benzene rings is 3. The third-order valence-corrected chi connectivity index (χ3v) is 5.73. The van der Waals surface area contributed by atoms with Gasteiger partial charge in [-0.1, -0.05) is 91.0 Å². The first-order valence-electron chi connectivity index (χ1n) is 10.6. The Hall–Kier alpha value is -2.72. The summed E-state index contributed by atoms with van der Waals surface area (Å²) in [6, 6.07) is 31.2. The number of carbonyl (C=O) groups excluding carboxylic acids is 1. The summed E-state index contributed by atoms with van der Waals surface area (Å²) in [6.07, 6.45) is 0.225. The maximum Gasteiger partial charge on any atom is 0.407 e. The van der Waals surface area contributed by atoms with E-state index in [2.05, 4.69) is 90.7 Å². The number of nitrogens with one attached hydrogen (secondary N) is 1. The Balaban J connectivity index is 2.10. The van der Waals surface area contributed by atoms with Gasteiger partial charge in [0.1, 0.15) is 5.60 Å². The van der Waals surface area contributed by atoms with Crippen LogP contribution in [0.3, 0.4) is 0 Å². The molecule has 0 saturated heterocycles. The molecule has 0 bridgehead atoms. The summed E-state index contributed by atoms with van der Waals surface area (Å²) in [4.78, 5) is 12.6. The van der Waals surface area contributed by atoms with Crippen LogP contribution < -0.4 is 5.32 Å². The van der Waals surface area contributed by atoms with E-state index in [1.165, 1.54) is 16.7 Å². The molecule has 0 aliphatic heterocycles. The van der Waals surface area contributed by atoms with Crippen LogP contribution >= 0.6 is 12.6 Å². The maximum atomic E-state index is 12.6. The molecule has 4 heteroatoms. The first-order chi connectivity index (χ1) is 14.8. The normalized spacial score (nSPS) is 12.8. The fourth-order valence-corrected chi connectivity index (χ4v) is 4.25. The van der Waals surface area contributed by atoms with Crippen molar-refractivity contribution in [2.45, 2.75) is 44.2 Å². The molecule has 162 valence electrons. The van der Waals surface area contributed by atoms with Crippen LogP contribution in [-0.4, -0.2) is 23.5 Å². The minimum Gasteiger partial charge on any atom is -0.444 e. The summed E-state index contributed by atoms with van der Waals surface area (Å²) in [5, 5.41) is 3.05. The molecule has 1 amide bonds. The molecule has 31 heavy (non-hydrogen) atoms. The summed E-state index contributed by atoms with van der Waals surface area (Å²) in [7, 11) is 0. The predicted octanol–water partition coefficient (Wildman–Crippen LogP) is 6.23. The summed E-state index contributed by atoms with van der Waals surface area (Å²) in [6.45, 7) is 5.60. The fraction of sp³-hybridized carbons (Fsp3) is 0.296. The van der Waals surface area contributed by atoms with Crippen molar-refractivity contribution in [1.29, 1.82) is 0 Å². The van der Waals surface area contributed by atoms with Crippen molar-refractivity contribution in [1.82, 2.24) is 5.32 Å². The number of alkyl carbamates (subject to hydrolysis) is 1. The van der Waals surface area contributed by atoms with Gasteiger partial charge >= 0.3 is 6.09 Å². The van der Waals surface area contributed by atoms with E-state index in [4.69, 9.17) is 4.74 Å². The van der Waals surface area contributed by atoms with Crippen molar-refractivity contribution in [3.05, 3.63) is 108 Å². The largest absolute Gasteiger partial charge is 0.444 e. The minimum atomic E-state index is -0.555. The summed E-state index contributed by atoms with van der Waals surface area (Å²) < 4.78 is 5.52. The van der Waals surface area contributed by atoms with Gasteiger partial charge in [0.25, 0.3) is 0 Å². The van der Waals surface area contributed by atoms with Gasteiger partial charge in [0.2, 0.25) is 0 Å². The Bertz CT molecular complexity index is 856. The van der Waals surface area contributed by atoms with Gasteiger partial charge in [-0.2, -0.15) is 12.6 Å². The second-order valence-corrected chi connectivity index (χ2v) is 9.10. The Kier molecular flexibility index (Phi) is 7.45. The minimum absolute atomic E-state index is 0.196. The number of hydrogen-bond donors (Lipinski definition) is 2. The lowest BCUT2D eigenvalue weighted by atomic mass is 9.66. The molecule has 0 radical (unpaired) electrons. The lowest BCUT2D eigenvalue weighted by Gasteiger charge is -2.39. The SMILES string of the molecule is CC(C)(C)OC(=O)NC(CS)CC(c1ccccc1)(c1ccccc1)c1ccccc1. The molecule has 1 N–H and O–H groups in total. The molecule has 0 spiro atoms. The molecule has 3 rings (SSSR count). The zero-order valence-electron chi connectivity index (χ0n) is 18.4. The molecule has 0 fully saturated rings. The first-order valence-corrected chi connectivity index (χ1v) is 11.3. The van der Waals surface area contributed by atoms with E-state index in [9.17, 15) is 4.79 Å². The van der Waals surface area contributed by atoms with E-state index < -0.39 is 17.1 Å². The number of rotatable bonds is 7. The van der Waals surface area contributed by atoms with E-state index in [0.717, 1.165) is 0 Å². The topological polar surface area (TPSA) is 38.3 Å². The molecule has 0 heterocycles. The van der Waals surface area contributed by atoms with E-state index in [1.807, 2.05) is 39.0 Å². The molecule has 1 atom stereocenters. The number of hydrogen-bond acceptors (Lipinski definition) is 3. The van der Waals surface area contributed by atoms with Crippen LogP contribution in [0.5, 0.6) is 0 Å². The van der Waals surface area contributed by atoms with Crippen molar-refractivity contribution in [3.8, 4) is 0 Å². The summed E-state index contributed by atoms with van der Waals surface area (Å²) in [5.74, 6) is 0.494. The third kappa shape index (κ3) is 5.71. The number of amides is 1. The zero-order chi connectivity index (χ0) is 22.3. The van der Waals surface area contributed by atoms with Crippen LogP contribution in [0, 0.1) is 0 Å². The summed E-state index contributed by atoms with van der Waals surface area (Å²) in [5.41, 5.74) is 2.51. The molecule has 0 aromatic heterocycles. The predicted molar refractivity (Wildman–Crippen MR) is 131 cm³/mol. The van der Waals surface area contributed by atoms with Crippen LogP contribution in [0.4, 0.5) is 4.79 Å². The average Bonchev–Trinajstić information content (AvgIpc) is 2.77. The Labute approximate surface area is 191 Å². The standard InChI is InChI=1S/C27H31NO2S/c1-26(2,3)30-25(29)28-24(20-31)19-27(21-13-7-4-8-14-21,22-15-9-5-10-16-22)23-17-11-6-12-18-23/h4-18,24,31H,19-20H2,1-3H3,(H,28,29). The van der Waals surface area contributed by atoms with E-state index in [-0.39, 0.29) is 6.04 Å². The van der Waals surface area contributed by atoms with Crippen LogP contribution in [0.2, 0.25) is 0 Å². The molecule has 1 unspecified atom stereocenters. The van der Waals surface area contributed by atoms with E-state index in [0.29, 0.717) is 12.2 Å². The zero-order valence-corrected chi connectivity index (χ0v) is 19.3. The Morgan fingerprint density at radius 1 is 0.806 bits per heavy atom. The molecule has 0 aliphatic rings. The Morgan fingerprint density at radius 3 is 1.52 bits per heavy atom. The van der Waals surface area contributed by atoms with Crippen molar-refractivity contribution in [2.24, 2.45) is 0 Å². The highest BCUT2D eigenvalue weighted by molar-refractivity contribution is 7.80. The van der Waals surface area contributed by atoms with Gasteiger partial charge in [-0.05, 0) is 43.9 Å². The highest BCUT2D eigenvalue weighted by atomic mass is 32.1. The molecule has 0 saturated carbocycles. The quantitative estimate of drug-likeness (QED) is 0.342. The lowest BCUT2D eigenvalue weighted by molar-refractivity contribution is 0.0504. The second kappa shape index (κ2) is 10.1. The van der Waals surface area contributed by atoms with Crippen molar-refractivity contribution >= 4 is 18.7 Å². The van der Waals surface area contributed by atoms with Crippen LogP contribution in [0.15, 0.2) is 91.0 Å². The molecular weight excluding hydrogens is 402 g/mol. The van der Waals surface area contributed by atoms with E-state index in [1.54, 1.807) is 0 Å². The molecule has 3 aromatic rings. The number of ether oxygens (including phenoxy) is 1. The van der Waals surface area contributed by atoms with Crippen LogP contribution in [-0.2, 0) is 10.2 Å². The van der Waals surface area contributed by atoms with Gasteiger partial charge in [0.05, 0.1) is 0 Å². The maximum absolute atomic E-state index is 12.6. The smallest absolute Gasteiger partial charge is 0.407 e.